The first-order chi connectivity index (χ1) is 8.86. The molecule has 0 aliphatic heterocycles. The lowest BCUT2D eigenvalue weighted by Crippen LogP contribution is -2.14. The van der Waals surface area contributed by atoms with Gasteiger partial charge in [0.05, 0.1) is 5.69 Å². The summed E-state index contributed by atoms with van der Waals surface area (Å²) in [7, 11) is -2.11. The molecular weight excluding hydrogens is 290 g/mol. The van der Waals surface area contributed by atoms with Crippen molar-refractivity contribution in [3.8, 4) is 5.75 Å². The lowest BCUT2D eigenvalue weighted by Gasteiger charge is -2.09. The van der Waals surface area contributed by atoms with Gasteiger partial charge in [-0.15, -0.1) is 0 Å². The van der Waals surface area contributed by atoms with Gasteiger partial charge < -0.3 is 4.74 Å². The van der Waals surface area contributed by atoms with Gasteiger partial charge in [0.1, 0.15) is 17.3 Å². The van der Waals surface area contributed by atoms with Gasteiger partial charge in [0.15, 0.2) is 0 Å². The number of hydrogen-bond donors (Lipinski definition) is 1. The Morgan fingerprint density at radius 3 is 2.74 bits per heavy atom. The SMILES string of the molecule is Cn1ccc(COc2ccc(Cl)cc2S(N)(=O)=O)n1. The predicted molar refractivity (Wildman–Crippen MR) is 70.4 cm³/mol. The van der Waals surface area contributed by atoms with E-state index in [0.29, 0.717) is 5.69 Å². The van der Waals surface area contributed by atoms with E-state index < -0.39 is 10.0 Å². The highest BCUT2D eigenvalue weighted by molar-refractivity contribution is 7.89. The van der Waals surface area contributed by atoms with E-state index in [-0.39, 0.29) is 22.3 Å². The van der Waals surface area contributed by atoms with Crippen molar-refractivity contribution in [3.63, 3.8) is 0 Å². The number of rotatable bonds is 4. The second-order valence-corrected chi connectivity index (χ2v) is 5.87. The highest BCUT2D eigenvalue weighted by Crippen LogP contribution is 2.26. The van der Waals surface area contributed by atoms with Crippen molar-refractivity contribution < 1.29 is 13.2 Å². The van der Waals surface area contributed by atoms with Gasteiger partial charge in [-0.05, 0) is 24.3 Å². The number of nitrogens with two attached hydrogens (primary N) is 1. The number of benzene rings is 1. The molecule has 0 radical (unpaired) electrons. The summed E-state index contributed by atoms with van der Waals surface area (Å²) >= 11 is 5.75. The number of sulfonamides is 1. The molecule has 2 aromatic rings. The first kappa shape index (κ1) is 13.9. The van der Waals surface area contributed by atoms with Crippen molar-refractivity contribution in [1.29, 1.82) is 0 Å². The van der Waals surface area contributed by atoms with E-state index in [2.05, 4.69) is 5.10 Å². The van der Waals surface area contributed by atoms with Crippen LogP contribution in [0.25, 0.3) is 0 Å². The highest BCUT2D eigenvalue weighted by Gasteiger charge is 2.16. The van der Waals surface area contributed by atoms with Crippen LogP contribution in [0.2, 0.25) is 5.02 Å². The lowest BCUT2D eigenvalue weighted by atomic mass is 10.3. The number of hydrogen-bond acceptors (Lipinski definition) is 4. The maximum absolute atomic E-state index is 11.4. The van der Waals surface area contributed by atoms with Gasteiger partial charge in [-0.3, -0.25) is 4.68 Å². The van der Waals surface area contributed by atoms with Gasteiger partial charge in [-0.25, -0.2) is 13.6 Å². The summed E-state index contributed by atoms with van der Waals surface area (Å²) in [5.74, 6) is 0.151. The van der Waals surface area contributed by atoms with Gasteiger partial charge in [-0.1, -0.05) is 11.6 Å². The van der Waals surface area contributed by atoms with Crippen molar-refractivity contribution in [2.45, 2.75) is 11.5 Å². The molecule has 2 N–H and O–H groups in total. The molecule has 0 bridgehead atoms. The maximum atomic E-state index is 11.4. The molecule has 2 rings (SSSR count). The first-order valence-corrected chi connectivity index (χ1v) is 7.22. The van der Waals surface area contributed by atoms with E-state index in [1.165, 1.54) is 18.2 Å². The lowest BCUT2D eigenvalue weighted by molar-refractivity contribution is 0.292. The van der Waals surface area contributed by atoms with E-state index in [9.17, 15) is 8.42 Å². The monoisotopic (exact) mass is 301 g/mol. The molecule has 0 atom stereocenters. The molecule has 0 saturated carbocycles. The molecule has 102 valence electrons. The van der Waals surface area contributed by atoms with Gasteiger partial charge in [0, 0.05) is 18.3 Å². The average molecular weight is 302 g/mol. The molecule has 0 fully saturated rings. The molecule has 0 aliphatic rings. The summed E-state index contributed by atoms with van der Waals surface area (Å²) in [6.45, 7) is 0.144. The standard InChI is InChI=1S/C11H12ClN3O3S/c1-15-5-4-9(14-15)7-18-10-3-2-8(12)6-11(10)19(13,16)17/h2-6H,7H2,1H3,(H2,13,16,17). The van der Waals surface area contributed by atoms with Crippen LogP contribution in [-0.2, 0) is 23.7 Å². The van der Waals surface area contributed by atoms with Crippen LogP contribution in [-0.4, -0.2) is 18.2 Å². The van der Waals surface area contributed by atoms with Crippen LogP contribution >= 0.6 is 11.6 Å². The third-order valence-electron chi connectivity index (χ3n) is 2.36. The van der Waals surface area contributed by atoms with Crippen molar-refractivity contribution in [3.05, 3.63) is 41.2 Å². The molecule has 0 saturated heterocycles. The fraction of sp³-hybridized carbons (Fsp3) is 0.182. The van der Waals surface area contributed by atoms with Crippen LogP contribution in [0, 0.1) is 0 Å². The summed E-state index contributed by atoms with van der Waals surface area (Å²) in [4.78, 5) is -0.143. The Balaban J connectivity index is 2.25. The minimum absolute atomic E-state index is 0.143. The molecule has 8 heteroatoms. The van der Waals surface area contributed by atoms with Gasteiger partial charge in [-0.2, -0.15) is 5.10 Å². The maximum Gasteiger partial charge on any atom is 0.241 e. The Kier molecular flexibility index (Phi) is 3.79. The number of halogens is 1. The summed E-state index contributed by atoms with van der Waals surface area (Å²) in [6.07, 6.45) is 1.77. The van der Waals surface area contributed by atoms with Crippen molar-refractivity contribution in [2.75, 3.05) is 0 Å². The van der Waals surface area contributed by atoms with Crippen molar-refractivity contribution in [2.24, 2.45) is 12.2 Å². The molecule has 19 heavy (non-hydrogen) atoms. The molecule has 1 aromatic carbocycles. The van der Waals surface area contributed by atoms with E-state index in [1.54, 1.807) is 24.0 Å². The minimum atomic E-state index is -3.89. The molecule has 1 aromatic heterocycles. The third kappa shape index (κ3) is 3.46. The molecule has 6 nitrogen and oxygen atoms in total. The molecule has 0 unspecified atom stereocenters. The largest absolute Gasteiger partial charge is 0.486 e. The normalized spacial score (nSPS) is 11.5. The van der Waals surface area contributed by atoms with Crippen LogP contribution in [0.4, 0.5) is 0 Å². The number of aryl methyl sites for hydroxylation is 1. The molecule has 0 amide bonds. The quantitative estimate of drug-likeness (QED) is 0.922. The van der Waals surface area contributed by atoms with E-state index >= 15 is 0 Å². The van der Waals surface area contributed by atoms with Crippen LogP contribution in [0.3, 0.4) is 0 Å². The van der Waals surface area contributed by atoms with Crippen LogP contribution < -0.4 is 9.88 Å². The zero-order valence-corrected chi connectivity index (χ0v) is 11.6. The second kappa shape index (κ2) is 5.20. The van der Waals surface area contributed by atoms with E-state index in [0.717, 1.165) is 0 Å². The summed E-state index contributed by atoms with van der Waals surface area (Å²) < 4.78 is 29.9. The van der Waals surface area contributed by atoms with Gasteiger partial charge >= 0.3 is 0 Å². The van der Waals surface area contributed by atoms with Crippen LogP contribution in [0.5, 0.6) is 5.75 Å². The summed E-state index contributed by atoms with van der Waals surface area (Å²) in [5, 5.41) is 9.51. The van der Waals surface area contributed by atoms with Crippen molar-refractivity contribution in [1.82, 2.24) is 9.78 Å². The van der Waals surface area contributed by atoms with Crippen LogP contribution in [0.1, 0.15) is 5.69 Å². The minimum Gasteiger partial charge on any atom is -0.486 e. The molecule has 0 aliphatic carbocycles. The van der Waals surface area contributed by atoms with Crippen molar-refractivity contribution >= 4 is 21.6 Å². The molecule has 0 spiro atoms. The number of nitrogens with zero attached hydrogens (tertiary/aromatic N) is 2. The predicted octanol–water partition coefficient (Wildman–Crippen LogP) is 1.30. The first-order valence-electron chi connectivity index (χ1n) is 5.30. The third-order valence-corrected chi connectivity index (χ3v) is 3.52. The number of ether oxygens (including phenoxy) is 1. The highest BCUT2D eigenvalue weighted by atomic mass is 35.5. The Labute approximate surface area is 115 Å². The topological polar surface area (TPSA) is 87.2 Å². The van der Waals surface area contributed by atoms with Gasteiger partial charge in [0.2, 0.25) is 10.0 Å². The van der Waals surface area contributed by atoms with E-state index in [1.807, 2.05) is 0 Å². The Bertz CT molecular complexity index is 697. The number of aromatic nitrogens is 2. The fourth-order valence-corrected chi connectivity index (χ4v) is 2.45. The van der Waals surface area contributed by atoms with Crippen LogP contribution in [0.15, 0.2) is 35.4 Å². The Morgan fingerprint density at radius 1 is 1.42 bits per heavy atom. The Hall–Kier alpha value is -1.57. The zero-order valence-electron chi connectivity index (χ0n) is 10.1. The molecule has 1 heterocycles. The fourth-order valence-electron chi connectivity index (χ4n) is 1.52. The van der Waals surface area contributed by atoms with Gasteiger partial charge in [0.25, 0.3) is 0 Å². The van der Waals surface area contributed by atoms with E-state index in [4.69, 9.17) is 21.5 Å². The second-order valence-electron chi connectivity index (χ2n) is 3.91. The Morgan fingerprint density at radius 2 is 2.16 bits per heavy atom. The average Bonchev–Trinajstić information content (AvgIpc) is 2.72. The zero-order chi connectivity index (χ0) is 14.0. The molecular formula is C11H12ClN3O3S. The summed E-state index contributed by atoms with van der Waals surface area (Å²) in [5.41, 5.74) is 0.679. The summed E-state index contributed by atoms with van der Waals surface area (Å²) in [6, 6.07) is 6.02. The number of primary sulfonamides is 1. The smallest absolute Gasteiger partial charge is 0.241 e.